The monoisotopic (exact) mass is 352 g/mol. The second kappa shape index (κ2) is 6.79. The normalized spacial score (nSPS) is 16.9. The van der Waals surface area contributed by atoms with Crippen LogP contribution in [0.5, 0.6) is 0 Å². The lowest BCUT2D eigenvalue weighted by atomic mass is 9.96. The van der Waals surface area contributed by atoms with Gasteiger partial charge in [-0.25, -0.2) is 0 Å². The van der Waals surface area contributed by atoms with E-state index in [9.17, 15) is 24.8 Å². The molecule has 0 aromatic heterocycles. The fraction of sp³-hybridized carbons (Fsp3) is 0.158. The molecule has 1 atom stereocenters. The van der Waals surface area contributed by atoms with Crippen LogP contribution in [-0.4, -0.2) is 26.6 Å². The predicted molar refractivity (Wildman–Crippen MR) is 93.2 cm³/mol. The molecule has 1 heterocycles. The summed E-state index contributed by atoms with van der Waals surface area (Å²) in [5.74, 6) is -1.73. The van der Waals surface area contributed by atoms with Crippen LogP contribution in [0.25, 0.3) is 0 Å². The summed E-state index contributed by atoms with van der Waals surface area (Å²) in [6.07, 6.45) is 0. The van der Waals surface area contributed by atoms with Gasteiger partial charge in [-0.2, -0.15) is 0 Å². The fourth-order valence-corrected chi connectivity index (χ4v) is 3.11. The number of Topliss-reactive ketones (excluding diaryl/α,β-unsaturated/α-hetero) is 1. The Hall–Kier alpha value is -3.48. The van der Waals surface area contributed by atoms with E-state index in [4.69, 9.17) is 0 Å². The summed E-state index contributed by atoms with van der Waals surface area (Å²) in [5.41, 5.74) is 1.02. The Morgan fingerprint density at radius 3 is 2.50 bits per heavy atom. The minimum absolute atomic E-state index is 0.0496. The summed E-state index contributed by atoms with van der Waals surface area (Å²) in [4.78, 5) is 36.5. The molecule has 1 N–H and O–H groups in total. The number of aliphatic hydroxyl groups is 1. The molecule has 0 radical (unpaired) electrons. The number of hydrogen-bond donors (Lipinski definition) is 1. The van der Waals surface area contributed by atoms with Gasteiger partial charge in [0.15, 0.2) is 11.5 Å². The maximum atomic E-state index is 12.6. The number of hydrogen-bond acceptors (Lipinski definition) is 5. The zero-order chi connectivity index (χ0) is 18.8. The first-order valence-electron chi connectivity index (χ1n) is 7.93. The highest BCUT2D eigenvalue weighted by molar-refractivity contribution is 6.08. The van der Waals surface area contributed by atoms with E-state index < -0.39 is 28.4 Å². The first-order chi connectivity index (χ1) is 12.4. The first kappa shape index (κ1) is 17.3. The molecular formula is C19H16N2O5. The number of ketones is 1. The van der Waals surface area contributed by atoms with Crippen LogP contribution >= 0.6 is 0 Å². The second-order valence-electron chi connectivity index (χ2n) is 5.99. The maximum absolute atomic E-state index is 12.6. The summed E-state index contributed by atoms with van der Waals surface area (Å²) in [6.45, 7) is 1.42. The Morgan fingerprint density at radius 1 is 1.19 bits per heavy atom. The van der Waals surface area contributed by atoms with E-state index >= 15 is 0 Å². The number of rotatable bonds is 5. The summed E-state index contributed by atoms with van der Waals surface area (Å²) in [7, 11) is 0. The molecule has 1 amide bonds. The van der Waals surface area contributed by atoms with Crippen LogP contribution in [0.3, 0.4) is 0 Å². The van der Waals surface area contributed by atoms with Crippen LogP contribution in [0.2, 0.25) is 0 Å². The summed E-state index contributed by atoms with van der Waals surface area (Å²) in [6, 6.07) is 14.0. The largest absolute Gasteiger partial charge is 0.503 e. The van der Waals surface area contributed by atoms with Gasteiger partial charge in [0.25, 0.3) is 11.6 Å². The number of non-ortho nitro benzene ring substituents is 1. The van der Waals surface area contributed by atoms with Crippen LogP contribution < -0.4 is 0 Å². The number of carbonyl (C=O) groups is 2. The quantitative estimate of drug-likeness (QED) is 0.658. The van der Waals surface area contributed by atoms with Crippen LogP contribution in [0, 0.1) is 10.1 Å². The number of nitro groups is 1. The van der Waals surface area contributed by atoms with Crippen molar-refractivity contribution in [3.63, 3.8) is 0 Å². The third kappa shape index (κ3) is 3.06. The molecule has 1 aliphatic heterocycles. The number of aliphatic hydroxyl groups excluding tert-OH is 1. The Kier molecular flexibility index (Phi) is 4.53. The van der Waals surface area contributed by atoms with Gasteiger partial charge in [0.05, 0.1) is 16.5 Å². The third-order valence-corrected chi connectivity index (χ3v) is 4.28. The van der Waals surface area contributed by atoms with Crippen molar-refractivity contribution in [3.8, 4) is 0 Å². The molecule has 2 aromatic carbocycles. The van der Waals surface area contributed by atoms with Gasteiger partial charge in [0.1, 0.15) is 0 Å². The van der Waals surface area contributed by atoms with E-state index in [2.05, 4.69) is 0 Å². The Morgan fingerprint density at radius 2 is 1.88 bits per heavy atom. The Labute approximate surface area is 149 Å². The number of nitrogens with zero attached hydrogens (tertiary/aromatic N) is 2. The fourth-order valence-electron chi connectivity index (χ4n) is 3.11. The molecule has 132 valence electrons. The van der Waals surface area contributed by atoms with Gasteiger partial charge >= 0.3 is 0 Å². The van der Waals surface area contributed by atoms with Gasteiger partial charge in [0.2, 0.25) is 0 Å². The molecule has 0 unspecified atom stereocenters. The Bertz CT molecular complexity index is 921. The molecule has 0 bridgehead atoms. The van der Waals surface area contributed by atoms with E-state index in [0.717, 1.165) is 5.56 Å². The van der Waals surface area contributed by atoms with E-state index in [1.165, 1.54) is 30.0 Å². The molecular weight excluding hydrogens is 336 g/mol. The smallest absolute Gasteiger partial charge is 0.290 e. The van der Waals surface area contributed by atoms with E-state index in [1.807, 2.05) is 30.3 Å². The standard InChI is InChI=1S/C19H16N2O5/c1-12(22)16-17(14-8-5-9-15(10-14)21(25)26)20(19(24)18(16)23)11-13-6-3-2-4-7-13/h2-10,17,23H,11H2,1H3/t17-/m1/s1. The van der Waals surface area contributed by atoms with Gasteiger partial charge in [-0.15, -0.1) is 0 Å². The lowest BCUT2D eigenvalue weighted by molar-refractivity contribution is -0.384. The lowest BCUT2D eigenvalue weighted by Gasteiger charge is -2.26. The predicted octanol–water partition coefficient (Wildman–Crippen LogP) is 3.08. The molecule has 2 aromatic rings. The average molecular weight is 352 g/mol. The maximum Gasteiger partial charge on any atom is 0.290 e. The molecule has 3 rings (SSSR count). The van der Waals surface area contributed by atoms with Crippen molar-refractivity contribution in [1.29, 1.82) is 0 Å². The SMILES string of the molecule is CC(=O)C1=C(O)C(=O)N(Cc2ccccc2)[C@@H]1c1cccc([N+](=O)[O-])c1. The topological polar surface area (TPSA) is 101 Å². The van der Waals surface area contributed by atoms with Gasteiger partial charge in [-0.3, -0.25) is 19.7 Å². The number of benzene rings is 2. The molecule has 1 aliphatic rings. The second-order valence-corrected chi connectivity index (χ2v) is 5.99. The summed E-state index contributed by atoms with van der Waals surface area (Å²) < 4.78 is 0. The van der Waals surface area contributed by atoms with Crippen molar-refractivity contribution in [3.05, 3.63) is 87.2 Å². The van der Waals surface area contributed by atoms with E-state index in [-0.39, 0.29) is 17.8 Å². The number of amides is 1. The summed E-state index contributed by atoms with van der Waals surface area (Å²) >= 11 is 0. The molecule has 0 saturated carbocycles. The molecule has 0 spiro atoms. The average Bonchev–Trinajstić information content (AvgIpc) is 2.88. The molecule has 26 heavy (non-hydrogen) atoms. The van der Waals surface area contributed by atoms with Crippen molar-refractivity contribution in [2.45, 2.75) is 19.5 Å². The highest BCUT2D eigenvalue weighted by atomic mass is 16.6. The number of carbonyl (C=O) groups excluding carboxylic acids is 2. The van der Waals surface area contributed by atoms with Crippen molar-refractivity contribution in [2.75, 3.05) is 0 Å². The molecule has 0 fully saturated rings. The van der Waals surface area contributed by atoms with Crippen molar-refractivity contribution in [1.82, 2.24) is 4.90 Å². The van der Waals surface area contributed by atoms with Crippen molar-refractivity contribution in [2.24, 2.45) is 0 Å². The van der Waals surface area contributed by atoms with E-state index in [0.29, 0.717) is 5.56 Å². The molecule has 7 heteroatoms. The minimum Gasteiger partial charge on any atom is -0.503 e. The molecule has 0 aliphatic carbocycles. The van der Waals surface area contributed by atoms with Gasteiger partial charge in [-0.1, -0.05) is 42.5 Å². The van der Waals surface area contributed by atoms with Crippen LogP contribution in [0.1, 0.15) is 24.1 Å². The van der Waals surface area contributed by atoms with Gasteiger partial charge < -0.3 is 10.0 Å². The zero-order valence-corrected chi connectivity index (χ0v) is 14.0. The lowest BCUT2D eigenvalue weighted by Crippen LogP contribution is -2.30. The van der Waals surface area contributed by atoms with E-state index in [1.54, 1.807) is 6.07 Å². The number of nitro benzene ring substituents is 1. The van der Waals surface area contributed by atoms with Crippen LogP contribution in [-0.2, 0) is 16.1 Å². The molecule has 7 nitrogen and oxygen atoms in total. The zero-order valence-electron chi connectivity index (χ0n) is 14.0. The summed E-state index contributed by atoms with van der Waals surface area (Å²) in [5, 5.41) is 21.3. The van der Waals surface area contributed by atoms with Crippen LogP contribution in [0.15, 0.2) is 65.9 Å². The van der Waals surface area contributed by atoms with Crippen LogP contribution in [0.4, 0.5) is 5.69 Å². The van der Waals surface area contributed by atoms with Gasteiger partial charge in [-0.05, 0) is 18.1 Å². The first-order valence-corrected chi connectivity index (χ1v) is 7.93. The third-order valence-electron chi connectivity index (χ3n) is 4.28. The molecule has 0 saturated heterocycles. The van der Waals surface area contributed by atoms with Gasteiger partial charge in [0, 0.05) is 18.7 Å². The highest BCUT2D eigenvalue weighted by Gasteiger charge is 2.42. The van der Waals surface area contributed by atoms with Crippen molar-refractivity contribution >= 4 is 17.4 Å². The Balaban J connectivity index is 2.09. The minimum atomic E-state index is -0.875. The highest BCUT2D eigenvalue weighted by Crippen LogP contribution is 2.39. The van der Waals surface area contributed by atoms with Crippen molar-refractivity contribution < 1.29 is 19.6 Å².